The number of nitrogens with zero attached hydrogens (tertiary/aromatic N) is 1. The molecule has 0 radical (unpaired) electrons. The van der Waals surface area contributed by atoms with Gasteiger partial charge in [0.05, 0.1) is 10.2 Å². The molecule has 3 nitrogen and oxygen atoms in total. The van der Waals surface area contributed by atoms with Gasteiger partial charge in [0.2, 0.25) is 0 Å². The molecule has 0 bridgehead atoms. The lowest BCUT2D eigenvalue weighted by molar-refractivity contribution is 0.630. The Hall–Kier alpha value is -0.910. The minimum Gasteiger partial charge on any atom is -0.314 e. The highest BCUT2D eigenvalue weighted by molar-refractivity contribution is 9.10. The van der Waals surface area contributed by atoms with Crippen LogP contribution in [0.2, 0.25) is 5.02 Å². The molecule has 1 aromatic heterocycles. The van der Waals surface area contributed by atoms with Gasteiger partial charge in [0.15, 0.2) is 0 Å². The molecule has 1 heterocycles. The SMILES string of the molecule is CNCc1[nH]nc(-c2cc(Cl)ccc2F)c1Br. The molecule has 0 fully saturated rings. The Balaban J connectivity index is 2.49. The average molecular weight is 319 g/mol. The third kappa shape index (κ3) is 2.51. The van der Waals surface area contributed by atoms with E-state index in [2.05, 4.69) is 31.4 Å². The molecule has 0 aliphatic carbocycles. The van der Waals surface area contributed by atoms with Crippen LogP contribution in [0.1, 0.15) is 5.69 Å². The number of hydrogen-bond acceptors (Lipinski definition) is 2. The normalized spacial score (nSPS) is 10.8. The van der Waals surface area contributed by atoms with E-state index < -0.39 is 0 Å². The van der Waals surface area contributed by atoms with Crippen molar-refractivity contribution in [2.45, 2.75) is 6.54 Å². The molecule has 17 heavy (non-hydrogen) atoms. The van der Waals surface area contributed by atoms with Crippen molar-refractivity contribution >= 4 is 27.5 Å². The quantitative estimate of drug-likeness (QED) is 0.911. The molecule has 0 saturated carbocycles. The van der Waals surface area contributed by atoms with Crippen LogP contribution < -0.4 is 5.32 Å². The van der Waals surface area contributed by atoms with Gasteiger partial charge in [-0.05, 0) is 41.2 Å². The highest BCUT2D eigenvalue weighted by Gasteiger charge is 2.15. The summed E-state index contributed by atoms with van der Waals surface area (Å²) in [7, 11) is 1.83. The lowest BCUT2D eigenvalue weighted by atomic mass is 10.1. The summed E-state index contributed by atoms with van der Waals surface area (Å²) in [5.74, 6) is -0.349. The third-order valence-electron chi connectivity index (χ3n) is 2.31. The van der Waals surface area contributed by atoms with Crippen molar-refractivity contribution in [1.29, 1.82) is 0 Å². The molecular formula is C11H10BrClFN3. The van der Waals surface area contributed by atoms with E-state index in [1.807, 2.05) is 7.05 Å². The highest BCUT2D eigenvalue weighted by Crippen LogP contribution is 2.32. The monoisotopic (exact) mass is 317 g/mol. The Morgan fingerprint density at radius 3 is 3.00 bits per heavy atom. The van der Waals surface area contributed by atoms with E-state index in [4.69, 9.17) is 11.6 Å². The van der Waals surface area contributed by atoms with Gasteiger partial charge in [0, 0.05) is 17.1 Å². The predicted octanol–water partition coefficient (Wildman–Crippen LogP) is 3.35. The second-order valence-electron chi connectivity index (χ2n) is 3.52. The zero-order valence-corrected chi connectivity index (χ0v) is 11.4. The average Bonchev–Trinajstić information content (AvgIpc) is 2.65. The summed E-state index contributed by atoms with van der Waals surface area (Å²) in [4.78, 5) is 0. The Kier molecular flexibility index (Phi) is 3.81. The van der Waals surface area contributed by atoms with Crippen LogP contribution >= 0.6 is 27.5 Å². The fraction of sp³-hybridized carbons (Fsp3) is 0.182. The first-order valence-electron chi connectivity index (χ1n) is 4.96. The van der Waals surface area contributed by atoms with E-state index >= 15 is 0 Å². The lowest BCUT2D eigenvalue weighted by Crippen LogP contribution is -2.05. The first-order valence-corrected chi connectivity index (χ1v) is 6.13. The van der Waals surface area contributed by atoms with Gasteiger partial charge in [-0.15, -0.1) is 0 Å². The number of benzene rings is 1. The summed E-state index contributed by atoms with van der Waals surface area (Å²) in [6.45, 7) is 0.621. The van der Waals surface area contributed by atoms with Crippen LogP contribution in [0.25, 0.3) is 11.3 Å². The summed E-state index contributed by atoms with van der Waals surface area (Å²) >= 11 is 9.26. The number of H-pyrrole nitrogens is 1. The Morgan fingerprint density at radius 1 is 1.53 bits per heavy atom. The fourth-order valence-corrected chi connectivity index (χ4v) is 2.22. The number of hydrogen-bond donors (Lipinski definition) is 2. The first-order chi connectivity index (χ1) is 8.13. The first kappa shape index (κ1) is 12.5. The topological polar surface area (TPSA) is 40.7 Å². The van der Waals surface area contributed by atoms with E-state index in [0.717, 1.165) is 10.2 Å². The zero-order valence-electron chi connectivity index (χ0n) is 9.02. The van der Waals surface area contributed by atoms with E-state index in [1.165, 1.54) is 12.1 Å². The molecule has 90 valence electrons. The molecule has 2 rings (SSSR count). The fourth-order valence-electron chi connectivity index (χ4n) is 1.52. The van der Waals surface area contributed by atoms with Gasteiger partial charge in [-0.3, -0.25) is 5.10 Å². The van der Waals surface area contributed by atoms with Crippen LogP contribution in [0.5, 0.6) is 0 Å². The van der Waals surface area contributed by atoms with Crippen LogP contribution in [0, 0.1) is 5.82 Å². The maximum atomic E-state index is 13.7. The van der Waals surface area contributed by atoms with E-state index in [9.17, 15) is 4.39 Å². The van der Waals surface area contributed by atoms with Gasteiger partial charge < -0.3 is 5.32 Å². The summed E-state index contributed by atoms with van der Waals surface area (Å²) in [5.41, 5.74) is 1.76. The maximum absolute atomic E-state index is 13.7. The molecular weight excluding hydrogens is 308 g/mol. The van der Waals surface area contributed by atoms with Crippen molar-refractivity contribution in [3.05, 3.63) is 39.2 Å². The molecule has 2 N–H and O–H groups in total. The van der Waals surface area contributed by atoms with Gasteiger partial charge in [-0.2, -0.15) is 5.10 Å². The largest absolute Gasteiger partial charge is 0.314 e. The van der Waals surface area contributed by atoms with Crippen molar-refractivity contribution in [2.75, 3.05) is 7.05 Å². The van der Waals surface area contributed by atoms with Crippen molar-refractivity contribution in [1.82, 2.24) is 15.5 Å². The Morgan fingerprint density at radius 2 is 2.29 bits per heavy atom. The van der Waals surface area contributed by atoms with Crippen molar-refractivity contribution in [2.24, 2.45) is 0 Å². The van der Waals surface area contributed by atoms with Gasteiger partial charge in [-0.1, -0.05) is 11.6 Å². The summed E-state index contributed by atoms with van der Waals surface area (Å²) in [6, 6.07) is 4.40. The second kappa shape index (κ2) is 5.16. The lowest BCUT2D eigenvalue weighted by Gasteiger charge is -2.01. The number of aromatic amines is 1. The minimum atomic E-state index is -0.349. The van der Waals surface area contributed by atoms with E-state index in [0.29, 0.717) is 22.8 Å². The summed E-state index contributed by atoms with van der Waals surface area (Å²) < 4.78 is 14.4. The van der Waals surface area contributed by atoms with Gasteiger partial charge in [-0.25, -0.2) is 4.39 Å². The molecule has 0 amide bonds. The van der Waals surface area contributed by atoms with Crippen LogP contribution in [0.3, 0.4) is 0 Å². The van der Waals surface area contributed by atoms with Crippen molar-refractivity contribution in [3.8, 4) is 11.3 Å². The Bertz CT molecular complexity index is 542. The standard InChI is InChI=1S/C11H10BrClFN3/c1-15-5-9-10(12)11(17-16-9)7-4-6(13)2-3-8(7)14/h2-4,15H,5H2,1H3,(H,16,17). The second-order valence-corrected chi connectivity index (χ2v) is 4.75. The van der Waals surface area contributed by atoms with E-state index in [1.54, 1.807) is 6.07 Å². The number of nitrogens with one attached hydrogen (secondary N) is 2. The molecule has 1 aromatic carbocycles. The summed E-state index contributed by atoms with van der Waals surface area (Å²) in [5, 5.41) is 10.4. The van der Waals surface area contributed by atoms with Crippen molar-refractivity contribution in [3.63, 3.8) is 0 Å². The molecule has 0 atom stereocenters. The maximum Gasteiger partial charge on any atom is 0.132 e. The molecule has 6 heteroatoms. The van der Waals surface area contributed by atoms with Gasteiger partial charge in [0.25, 0.3) is 0 Å². The van der Waals surface area contributed by atoms with Crippen LogP contribution in [-0.4, -0.2) is 17.2 Å². The van der Waals surface area contributed by atoms with Crippen LogP contribution in [-0.2, 0) is 6.54 Å². The number of aromatic nitrogens is 2. The number of rotatable bonds is 3. The van der Waals surface area contributed by atoms with E-state index in [-0.39, 0.29) is 5.82 Å². The Labute approximate surface area is 112 Å². The van der Waals surface area contributed by atoms with Crippen LogP contribution in [0.4, 0.5) is 4.39 Å². The molecule has 2 aromatic rings. The third-order valence-corrected chi connectivity index (χ3v) is 3.40. The molecule has 0 saturated heterocycles. The minimum absolute atomic E-state index is 0.349. The molecule has 0 unspecified atom stereocenters. The smallest absolute Gasteiger partial charge is 0.132 e. The number of halogens is 3. The predicted molar refractivity (Wildman–Crippen MR) is 69.5 cm³/mol. The van der Waals surface area contributed by atoms with Crippen LogP contribution in [0.15, 0.2) is 22.7 Å². The highest BCUT2D eigenvalue weighted by atomic mass is 79.9. The van der Waals surface area contributed by atoms with Crippen molar-refractivity contribution < 1.29 is 4.39 Å². The van der Waals surface area contributed by atoms with Gasteiger partial charge in [0.1, 0.15) is 11.5 Å². The summed E-state index contributed by atoms with van der Waals surface area (Å²) in [6.07, 6.45) is 0. The molecule has 0 aliphatic rings. The zero-order chi connectivity index (χ0) is 12.4. The van der Waals surface area contributed by atoms with Gasteiger partial charge >= 0.3 is 0 Å². The molecule has 0 aliphatic heterocycles. The molecule has 0 spiro atoms.